The van der Waals surface area contributed by atoms with Gasteiger partial charge in [0.15, 0.2) is 0 Å². The molecule has 7 heteroatoms. The number of morpholine rings is 1. The van der Waals surface area contributed by atoms with Crippen LogP contribution in [0.4, 0.5) is 15.8 Å². The van der Waals surface area contributed by atoms with Gasteiger partial charge in [-0.1, -0.05) is 11.6 Å². The fraction of sp³-hybridized carbons (Fsp3) is 0.417. The quantitative estimate of drug-likeness (QED) is 0.797. The van der Waals surface area contributed by atoms with Gasteiger partial charge in [-0.3, -0.25) is 4.79 Å². The summed E-state index contributed by atoms with van der Waals surface area (Å²) < 4.78 is 18.6. The summed E-state index contributed by atoms with van der Waals surface area (Å²) >= 11 is 5.78. The standard InChI is InChI=1S/C12H15ClFN3O2/c1-16-12(18)11-6-19-3-2-17(11)10-4-7(13)8(14)5-9(10)15/h4-5,11H,2-3,6,15H2,1H3,(H,16,18). The van der Waals surface area contributed by atoms with Crippen LogP contribution in [0.15, 0.2) is 12.1 Å². The number of nitrogen functional groups attached to an aromatic ring is 1. The first kappa shape index (κ1) is 13.9. The van der Waals surface area contributed by atoms with E-state index in [9.17, 15) is 9.18 Å². The molecule has 0 saturated carbocycles. The van der Waals surface area contributed by atoms with Gasteiger partial charge in [-0.05, 0) is 6.07 Å². The first-order valence-electron chi connectivity index (χ1n) is 5.85. The highest BCUT2D eigenvalue weighted by Gasteiger charge is 2.30. The molecule has 2 rings (SSSR count). The fourth-order valence-corrected chi connectivity index (χ4v) is 2.23. The summed E-state index contributed by atoms with van der Waals surface area (Å²) in [6.45, 7) is 1.22. The van der Waals surface area contributed by atoms with Crippen LogP contribution in [-0.2, 0) is 9.53 Å². The Labute approximate surface area is 115 Å². The third-order valence-electron chi connectivity index (χ3n) is 3.06. The normalized spacial score (nSPS) is 19.3. The zero-order valence-electron chi connectivity index (χ0n) is 10.5. The predicted molar refractivity (Wildman–Crippen MR) is 71.8 cm³/mol. The van der Waals surface area contributed by atoms with Crippen LogP contribution in [0.3, 0.4) is 0 Å². The van der Waals surface area contributed by atoms with Crippen LogP contribution in [0.1, 0.15) is 0 Å². The van der Waals surface area contributed by atoms with Gasteiger partial charge >= 0.3 is 0 Å². The zero-order valence-corrected chi connectivity index (χ0v) is 11.2. The van der Waals surface area contributed by atoms with Crippen molar-refractivity contribution >= 4 is 28.9 Å². The van der Waals surface area contributed by atoms with Crippen LogP contribution < -0.4 is 16.0 Å². The SMILES string of the molecule is CNC(=O)C1COCCN1c1cc(Cl)c(F)cc1N. The highest BCUT2D eigenvalue weighted by molar-refractivity contribution is 6.31. The summed E-state index contributed by atoms with van der Waals surface area (Å²) in [5.41, 5.74) is 6.60. The molecule has 0 radical (unpaired) electrons. The van der Waals surface area contributed by atoms with Crippen LogP contribution in [-0.4, -0.2) is 38.8 Å². The van der Waals surface area contributed by atoms with Crippen LogP contribution in [0, 0.1) is 5.82 Å². The van der Waals surface area contributed by atoms with Crippen LogP contribution in [0.5, 0.6) is 0 Å². The average Bonchev–Trinajstić information content (AvgIpc) is 2.42. The molecule has 104 valence electrons. The summed E-state index contributed by atoms with van der Waals surface area (Å²) in [6.07, 6.45) is 0. The molecule has 1 aromatic carbocycles. The van der Waals surface area contributed by atoms with E-state index < -0.39 is 11.9 Å². The topological polar surface area (TPSA) is 67.6 Å². The number of carbonyl (C=O) groups excluding carboxylic acids is 1. The van der Waals surface area contributed by atoms with Gasteiger partial charge in [0.05, 0.1) is 29.6 Å². The van der Waals surface area contributed by atoms with E-state index in [0.717, 1.165) is 6.07 Å². The lowest BCUT2D eigenvalue weighted by Gasteiger charge is -2.36. The Hall–Kier alpha value is -1.53. The predicted octanol–water partition coefficient (Wildman–Crippen LogP) is 1.01. The number of amides is 1. The van der Waals surface area contributed by atoms with Gasteiger partial charge in [0.2, 0.25) is 5.91 Å². The molecule has 0 aromatic heterocycles. The zero-order chi connectivity index (χ0) is 14.0. The summed E-state index contributed by atoms with van der Waals surface area (Å²) in [5.74, 6) is -0.757. The smallest absolute Gasteiger partial charge is 0.244 e. The number of nitrogens with one attached hydrogen (secondary N) is 1. The minimum absolute atomic E-state index is 0.0219. The molecule has 1 aromatic rings. The molecule has 1 saturated heterocycles. The number of carbonyl (C=O) groups is 1. The van der Waals surface area contributed by atoms with E-state index in [2.05, 4.69) is 5.32 Å². The Morgan fingerprint density at radius 2 is 2.37 bits per heavy atom. The number of anilines is 2. The molecule has 1 unspecified atom stereocenters. The van der Waals surface area contributed by atoms with Crippen LogP contribution in [0.25, 0.3) is 0 Å². The Kier molecular flexibility index (Phi) is 4.11. The second-order valence-corrected chi connectivity index (χ2v) is 4.63. The molecule has 3 N–H and O–H groups in total. The summed E-state index contributed by atoms with van der Waals surface area (Å²) in [6, 6.07) is 2.10. The van der Waals surface area contributed by atoms with E-state index in [1.807, 2.05) is 0 Å². The minimum atomic E-state index is -0.576. The lowest BCUT2D eigenvalue weighted by molar-refractivity contribution is -0.124. The average molecular weight is 288 g/mol. The van der Waals surface area contributed by atoms with Crippen LogP contribution in [0.2, 0.25) is 5.02 Å². The number of hydrogen-bond donors (Lipinski definition) is 2. The van der Waals surface area contributed by atoms with Crippen LogP contribution >= 0.6 is 11.6 Å². The molecule has 0 bridgehead atoms. The molecule has 0 aliphatic carbocycles. The largest absolute Gasteiger partial charge is 0.397 e. The first-order valence-corrected chi connectivity index (χ1v) is 6.23. The van der Waals surface area contributed by atoms with Crippen molar-refractivity contribution in [2.75, 3.05) is 37.4 Å². The molecule has 1 atom stereocenters. The number of nitrogens with zero attached hydrogens (tertiary/aromatic N) is 1. The molecule has 1 amide bonds. The Bertz CT molecular complexity index is 498. The Balaban J connectivity index is 2.37. The van der Waals surface area contributed by atoms with Gasteiger partial charge in [-0.25, -0.2) is 4.39 Å². The molecule has 1 fully saturated rings. The van der Waals surface area contributed by atoms with E-state index in [0.29, 0.717) is 18.8 Å². The first-order chi connectivity index (χ1) is 9.04. The number of ether oxygens (including phenoxy) is 1. The van der Waals surface area contributed by atoms with E-state index >= 15 is 0 Å². The maximum Gasteiger partial charge on any atom is 0.244 e. The number of halogens is 2. The van der Waals surface area contributed by atoms with Crippen molar-refractivity contribution in [1.29, 1.82) is 0 Å². The van der Waals surface area contributed by atoms with Crippen molar-refractivity contribution in [2.45, 2.75) is 6.04 Å². The molecule has 1 aliphatic rings. The number of benzene rings is 1. The summed E-state index contributed by atoms with van der Waals surface area (Å²) in [4.78, 5) is 13.6. The van der Waals surface area contributed by atoms with Crippen molar-refractivity contribution in [1.82, 2.24) is 5.32 Å². The molecule has 1 heterocycles. The maximum absolute atomic E-state index is 13.3. The van der Waals surface area contributed by atoms with Gasteiger partial charge in [0, 0.05) is 19.7 Å². The highest BCUT2D eigenvalue weighted by Crippen LogP contribution is 2.31. The Morgan fingerprint density at radius 3 is 3.05 bits per heavy atom. The van der Waals surface area contributed by atoms with Gasteiger partial charge < -0.3 is 20.7 Å². The fourth-order valence-electron chi connectivity index (χ4n) is 2.08. The number of nitrogens with two attached hydrogens (primary N) is 1. The molecular formula is C12H15ClFN3O2. The van der Waals surface area contributed by atoms with Gasteiger partial charge in [-0.2, -0.15) is 0 Å². The van der Waals surface area contributed by atoms with Gasteiger partial charge in [-0.15, -0.1) is 0 Å². The lowest BCUT2D eigenvalue weighted by atomic mass is 10.1. The number of rotatable bonds is 2. The Morgan fingerprint density at radius 1 is 1.63 bits per heavy atom. The summed E-state index contributed by atoms with van der Waals surface area (Å²) in [7, 11) is 1.55. The van der Waals surface area contributed by atoms with Crippen molar-refractivity contribution < 1.29 is 13.9 Å². The van der Waals surface area contributed by atoms with E-state index in [-0.39, 0.29) is 23.2 Å². The highest BCUT2D eigenvalue weighted by atomic mass is 35.5. The van der Waals surface area contributed by atoms with Gasteiger partial charge in [0.1, 0.15) is 11.9 Å². The van der Waals surface area contributed by atoms with Gasteiger partial charge in [0.25, 0.3) is 0 Å². The van der Waals surface area contributed by atoms with E-state index in [4.69, 9.17) is 22.1 Å². The number of likely N-dealkylation sites (N-methyl/N-ethyl adjacent to an activating group) is 1. The lowest BCUT2D eigenvalue weighted by Crippen LogP contribution is -2.53. The molecule has 1 aliphatic heterocycles. The van der Waals surface area contributed by atoms with E-state index in [1.165, 1.54) is 6.07 Å². The molecule has 19 heavy (non-hydrogen) atoms. The second kappa shape index (κ2) is 5.63. The molecular weight excluding hydrogens is 273 g/mol. The molecule has 5 nitrogen and oxygen atoms in total. The second-order valence-electron chi connectivity index (χ2n) is 4.22. The third-order valence-corrected chi connectivity index (χ3v) is 3.35. The maximum atomic E-state index is 13.3. The van der Waals surface area contributed by atoms with Crippen molar-refractivity contribution in [2.24, 2.45) is 0 Å². The minimum Gasteiger partial charge on any atom is -0.397 e. The number of hydrogen-bond acceptors (Lipinski definition) is 4. The van der Waals surface area contributed by atoms with Crippen molar-refractivity contribution in [3.8, 4) is 0 Å². The monoisotopic (exact) mass is 287 g/mol. The van der Waals surface area contributed by atoms with E-state index in [1.54, 1.807) is 11.9 Å². The third kappa shape index (κ3) is 2.74. The van der Waals surface area contributed by atoms with Crippen molar-refractivity contribution in [3.05, 3.63) is 23.0 Å². The summed E-state index contributed by atoms with van der Waals surface area (Å²) in [5, 5.41) is 2.55. The molecule has 0 spiro atoms. The van der Waals surface area contributed by atoms with Crippen molar-refractivity contribution in [3.63, 3.8) is 0 Å².